The lowest BCUT2D eigenvalue weighted by Gasteiger charge is -2.18. The van der Waals surface area contributed by atoms with Gasteiger partial charge in [-0.1, -0.05) is 157 Å². The highest BCUT2D eigenvalue weighted by Crippen LogP contribution is 2.38. The summed E-state index contributed by atoms with van der Waals surface area (Å²) in [7, 11) is 0. The quantitative estimate of drug-likeness (QED) is 0.108. The number of halogens is 3. The van der Waals surface area contributed by atoms with E-state index in [9.17, 15) is 19.2 Å². The Morgan fingerprint density at radius 2 is 1.31 bits per heavy atom. The van der Waals surface area contributed by atoms with Crippen LogP contribution in [0.2, 0.25) is 15.1 Å². The number of unbranched alkanes of at least 4 members (excludes halogenated alkanes) is 15. The molecule has 0 saturated carbocycles. The Hall–Kier alpha value is -2.94. The van der Waals surface area contributed by atoms with Gasteiger partial charge < -0.3 is 5.32 Å². The number of amidine groups is 1. The highest BCUT2D eigenvalue weighted by atomic mass is 35.5. The molecule has 1 fully saturated rings. The normalized spacial score (nSPS) is 16.2. The molecule has 8 nitrogen and oxygen atoms in total. The fraction of sp³-hybridized carbons (Fsp3) is 0.553. The highest BCUT2D eigenvalue weighted by molar-refractivity contribution is 6.42. The van der Waals surface area contributed by atoms with Gasteiger partial charge in [-0.2, -0.15) is 10.1 Å². The SMILES string of the molecule is CCCCCCCCCCCCCCCCCCC1CC(=O)N(c2ccccc2C(=O)NC2=NN(c3c(Cl)cc(Cl)cc3Cl)C(=O)C2)C1=O. The number of carbonyl (C=O) groups is 4. The van der Waals surface area contributed by atoms with Crippen LogP contribution in [-0.2, 0) is 14.4 Å². The van der Waals surface area contributed by atoms with Crippen molar-refractivity contribution < 1.29 is 19.2 Å². The Balaban J connectivity index is 1.19. The summed E-state index contributed by atoms with van der Waals surface area (Å²) in [6.45, 7) is 2.26. The van der Waals surface area contributed by atoms with Crippen LogP contribution in [0.1, 0.15) is 139 Å². The van der Waals surface area contributed by atoms with E-state index in [-0.39, 0.29) is 57.5 Å². The molecule has 2 aromatic rings. The molecular weight excluding hydrogens is 683 g/mol. The molecule has 1 N–H and O–H groups in total. The van der Waals surface area contributed by atoms with Crippen molar-refractivity contribution in [3.8, 4) is 0 Å². The van der Waals surface area contributed by atoms with Gasteiger partial charge in [0.1, 0.15) is 11.5 Å². The molecule has 4 rings (SSSR count). The van der Waals surface area contributed by atoms with E-state index in [0.29, 0.717) is 11.4 Å². The molecule has 266 valence electrons. The molecule has 0 aromatic heterocycles. The maximum atomic E-state index is 13.4. The first-order chi connectivity index (χ1) is 23.7. The molecular formula is C38H49Cl3N4O4. The van der Waals surface area contributed by atoms with Crippen molar-refractivity contribution in [3.05, 3.63) is 57.0 Å². The third kappa shape index (κ3) is 11.3. The lowest BCUT2D eigenvalue weighted by atomic mass is 9.98. The molecule has 2 heterocycles. The van der Waals surface area contributed by atoms with Crippen LogP contribution in [0.4, 0.5) is 11.4 Å². The van der Waals surface area contributed by atoms with E-state index in [1.807, 2.05) is 0 Å². The highest BCUT2D eigenvalue weighted by Gasteiger charge is 2.40. The summed E-state index contributed by atoms with van der Waals surface area (Å²) in [5.41, 5.74) is 0.504. The number of benzene rings is 2. The summed E-state index contributed by atoms with van der Waals surface area (Å²) >= 11 is 18.5. The number of hydrogen-bond donors (Lipinski definition) is 1. The Labute approximate surface area is 305 Å². The Bertz CT molecular complexity index is 1470. The van der Waals surface area contributed by atoms with Crippen LogP contribution in [0.25, 0.3) is 0 Å². The Morgan fingerprint density at radius 1 is 0.776 bits per heavy atom. The molecule has 0 bridgehead atoms. The summed E-state index contributed by atoms with van der Waals surface area (Å²) < 4.78 is 0. The third-order valence-corrected chi connectivity index (χ3v) is 10.1. The maximum absolute atomic E-state index is 13.4. The van der Waals surface area contributed by atoms with Crippen LogP contribution in [-0.4, -0.2) is 29.5 Å². The summed E-state index contributed by atoms with van der Waals surface area (Å²) in [6, 6.07) is 9.34. The van der Waals surface area contributed by atoms with Gasteiger partial charge in [0.2, 0.25) is 11.8 Å². The number of nitrogens with one attached hydrogen (secondary N) is 1. The molecule has 0 spiro atoms. The van der Waals surface area contributed by atoms with Crippen LogP contribution in [0.5, 0.6) is 0 Å². The van der Waals surface area contributed by atoms with E-state index in [1.54, 1.807) is 18.2 Å². The third-order valence-electron chi connectivity index (χ3n) is 9.26. The Morgan fingerprint density at radius 3 is 1.88 bits per heavy atom. The fourth-order valence-electron chi connectivity index (χ4n) is 6.58. The van der Waals surface area contributed by atoms with Gasteiger partial charge in [0.15, 0.2) is 0 Å². The number of nitrogens with zero attached hydrogens (tertiary/aromatic N) is 3. The summed E-state index contributed by atoms with van der Waals surface area (Å²) in [6.07, 6.45) is 21.1. The number of hydrazone groups is 1. The number of para-hydroxylation sites is 1. The summed E-state index contributed by atoms with van der Waals surface area (Å²) in [5.74, 6) is -1.96. The van der Waals surface area contributed by atoms with Crippen LogP contribution in [0.3, 0.4) is 0 Å². The average molecular weight is 732 g/mol. The van der Waals surface area contributed by atoms with Crippen LogP contribution in [0.15, 0.2) is 41.5 Å². The second-order valence-corrected chi connectivity index (χ2v) is 14.4. The molecule has 0 aliphatic carbocycles. The summed E-state index contributed by atoms with van der Waals surface area (Å²) in [5, 5.41) is 8.47. The zero-order valence-corrected chi connectivity index (χ0v) is 30.9. The van der Waals surface area contributed by atoms with Crippen molar-refractivity contribution in [2.75, 3.05) is 9.91 Å². The van der Waals surface area contributed by atoms with Gasteiger partial charge in [-0.05, 0) is 30.7 Å². The molecule has 2 aliphatic rings. The van der Waals surface area contributed by atoms with Gasteiger partial charge >= 0.3 is 0 Å². The zero-order valence-electron chi connectivity index (χ0n) is 28.6. The number of imide groups is 1. The minimum Gasteiger partial charge on any atom is -0.308 e. The van der Waals surface area contributed by atoms with Gasteiger partial charge in [0.25, 0.3) is 11.8 Å². The molecule has 49 heavy (non-hydrogen) atoms. The lowest BCUT2D eigenvalue weighted by Crippen LogP contribution is -2.35. The fourth-order valence-corrected chi connectivity index (χ4v) is 7.56. The zero-order chi connectivity index (χ0) is 35.2. The second-order valence-electron chi connectivity index (χ2n) is 13.2. The largest absolute Gasteiger partial charge is 0.308 e. The van der Waals surface area contributed by atoms with E-state index >= 15 is 0 Å². The van der Waals surface area contributed by atoms with Crippen molar-refractivity contribution in [1.29, 1.82) is 0 Å². The van der Waals surface area contributed by atoms with Gasteiger partial charge in [-0.15, -0.1) is 0 Å². The van der Waals surface area contributed by atoms with Crippen molar-refractivity contribution in [2.45, 2.75) is 129 Å². The first-order valence-corrected chi connectivity index (χ1v) is 19.2. The molecule has 4 amide bonds. The maximum Gasteiger partial charge on any atom is 0.258 e. The van der Waals surface area contributed by atoms with E-state index in [2.05, 4.69) is 17.3 Å². The van der Waals surface area contributed by atoms with Crippen LogP contribution in [0, 0.1) is 5.92 Å². The number of anilines is 2. The van der Waals surface area contributed by atoms with Gasteiger partial charge in [0.05, 0.1) is 27.7 Å². The molecule has 1 saturated heterocycles. The first kappa shape index (κ1) is 38.9. The number of amides is 4. The van der Waals surface area contributed by atoms with E-state index < -0.39 is 17.7 Å². The van der Waals surface area contributed by atoms with E-state index in [1.165, 1.54) is 102 Å². The van der Waals surface area contributed by atoms with Gasteiger partial charge in [0, 0.05) is 17.4 Å². The number of carbonyl (C=O) groups excluding carboxylic acids is 4. The van der Waals surface area contributed by atoms with Crippen molar-refractivity contribution >= 4 is 75.6 Å². The Kier molecular flexibility index (Phi) is 15.9. The van der Waals surface area contributed by atoms with Crippen molar-refractivity contribution in [3.63, 3.8) is 0 Å². The van der Waals surface area contributed by atoms with E-state index in [4.69, 9.17) is 34.8 Å². The van der Waals surface area contributed by atoms with Crippen molar-refractivity contribution in [2.24, 2.45) is 11.0 Å². The number of hydrogen-bond acceptors (Lipinski definition) is 5. The topological polar surface area (TPSA) is 99.2 Å². The standard InChI is InChI=1S/C38H49Cl3N4O4/c1-2-3-4-5-6-7-8-9-10-11-12-13-14-15-16-17-20-27-23-34(46)44(38(27)49)32-22-19-18-21-29(32)37(48)42-33-26-35(47)45(43-33)36-30(40)24-28(39)25-31(36)41/h18-19,21-22,24-25,27H,2-17,20,23,26H2,1H3,(H,42,43,48). The predicted molar refractivity (Wildman–Crippen MR) is 200 cm³/mol. The molecule has 2 aromatic carbocycles. The molecule has 0 radical (unpaired) electrons. The number of rotatable bonds is 20. The van der Waals surface area contributed by atoms with Crippen LogP contribution >= 0.6 is 34.8 Å². The average Bonchev–Trinajstić information content (AvgIpc) is 3.56. The van der Waals surface area contributed by atoms with Gasteiger partial charge in [-0.25, -0.2) is 4.90 Å². The molecule has 1 unspecified atom stereocenters. The monoisotopic (exact) mass is 730 g/mol. The van der Waals surface area contributed by atoms with E-state index in [0.717, 1.165) is 29.2 Å². The smallest absolute Gasteiger partial charge is 0.258 e. The molecule has 1 atom stereocenters. The minimum atomic E-state index is -0.598. The van der Waals surface area contributed by atoms with Gasteiger partial charge in [-0.3, -0.25) is 19.2 Å². The summed E-state index contributed by atoms with van der Waals surface area (Å²) in [4.78, 5) is 53.8. The van der Waals surface area contributed by atoms with Crippen LogP contribution < -0.4 is 15.2 Å². The molecule has 2 aliphatic heterocycles. The van der Waals surface area contributed by atoms with Crippen molar-refractivity contribution in [1.82, 2.24) is 5.32 Å². The molecule has 11 heteroatoms. The lowest BCUT2D eigenvalue weighted by molar-refractivity contribution is -0.122. The first-order valence-electron chi connectivity index (χ1n) is 18.0. The predicted octanol–water partition coefficient (Wildman–Crippen LogP) is 10.7. The second kappa shape index (κ2) is 20.0. The minimum absolute atomic E-state index is 0.0762.